The fraction of sp³-hybridized carbons (Fsp3) is 0.750. The summed E-state index contributed by atoms with van der Waals surface area (Å²) in [5, 5.41) is 16.6. The zero-order valence-electron chi connectivity index (χ0n) is 14.0. The molecule has 1 aromatic heterocycles. The topological polar surface area (TPSA) is 77.5 Å². The van der Waals surface area contributed by atoms with E-state index in [1.54, 1.807) is 11.3 Å². The number of thiazole rings is 1. The number of aliphatic hydroxyl groups excluding tert-OH is 1. The van der Waals surface area contributed by atoms with Gasteiger partial charge in [0.15, 0.2) is 0 Å². The van der Waals surface area contributed by atoms with E-state index in [0.29, 0.717) is 13.1 Å². The Kier molecular flexibility index (Phi) is 7.26. The van der Waals surface area contributed by atoms with Crippen LogP contribution in [-0.2, 0) is 6.42 Å². The Hall–Kier alpha value is -1.18. The number of hydrogen-bond acceptors (Lipinski definition) is 5. The number of urea groups is 1. The van der Waals surface area contributed by atoms with Crippen molar-refractivity contribution in [3.05, 3.63) is 16.1 Å². The van der Waals surface area contributed by atoms with Gasteiger partial charge in [0.25, 0.3) is 0 Å². The van der Waals surface area contributed by atoms with Crippen molar-refractivity contribution >= 4 is 17.4 Å². The van der Waals surface area contributed by atoms with Gasteiger partial charge in [-0.25, -0.2) is 9.78 Å². The zero-order chi connectivity index (χ0) is 16.7. The van der Waals surface area contributed by atoms with Crippen LogP contribution in [0.4, 0.5) is 4.79 Å². The summed E-state index contributed by atoms with van der Waals surface area (Å²) in [7, 11) is 0. The van der Waals surface area contributed by atoms with E-state index in [-0.39, 0.29) is 12.6 Å². The monoisotopic (exact) mass is 340 g/mol. The van der Waals surface area contributed by atoms with E-state index in [0.717, 1.165) is 30.4 Å². The molecular weight excluding hydrogens is 312 g/mol. The molecule has 0 saturated carbocycles. The minimum absolute atomic E-state index is 0.232. The number of hydrogen-bond donors (Lipinski definition) is 3. The Labute approximate surface area is 142 Å². The number of rotatable bonds is 7. The van der Waals surface area contributed by atoms with Gasteiger partial charge in [0, 0.05) is 37.1 Å². The van der Waals surface area contributed by atoms with Crippen LogP contribution in [0, 0.1) is 12.8 Å². The molecule has 3 N–H and O–H groups in total. The van der Waals surface area contributed by atoms with Crippen LogP contribution in [0.5, 0.6) is 0 Å². The van der Waals surface area contributed by atoms with E-state index in [4.69, 9.17) is 0 Å². The molecule has 0 bridgehead atoms. The van der Waals surface area contributed by atoms with E-state index >= 15 is 0 Å². The molecule has 1 aliphatic rings. The second-order valence-corrected chi connectivity index (χ2v) is 7.71. The van der Waals surface area contributed by atoms with Gasteiger partial charge in [-0.15, -0.1) is 11.3 Å². The first-order valence-corrected chi connectivity index (χ1v) is 9.18. The molecule has 2 heterocycles. The molecule has 0 spiro atoms. The number of carbonyl (C=O) groups is 1. The third-order valence-corrected chi connectivity index (χ3v) is 5.11. The standard InChI is InChI=1S/C16H28N4O2S/c1-12-4-7-20(8-5-12)11-14(21)10-19-16(22)17-6-3-15-18-9-13(2)23-15/h9,12,14,21H,3-8,10-11H2,1-2H3,(H2,17,19,22). The van der Waals surface area contributed by atoms with Crippen LogP contribution in [-0.4, -0.2) is 59.8 Å². The number of β-amino-alcohol motifs (C(OH)–C–C–N with tert-alkyl or cyclic N) is 1. The summed E-state index contributed by atoms with van der Waals surface area (Å²) in [6.07, 6.45) is 4.45. The second-order valence-electron chi connectivity index (χ2n) is 6.39. The van der Waals surface area contributed by atoms with Gasteiger partial charge in [-0.1, -0.05) is 6.92 Å². The van der Waals surface area contributed by atoms with Crippen molar-refractivity contribution in [1.82, 2.24) is 20.5 Å². The molecule has 1 aromatic rings. The van der Waals surface area contributed by atoms with Gasteiger partial charge in [-0.05, 0) is 38.8 Å². The number of carbonyl (C=O) groups excluding carboxylic acids is 1. The molecule has 0 aromatic carbocycles. The molecular formula is C16H28N4O2S. The first-order chi connectivity index (χ1) is 11.0. The van der Waals surface area contributed by atoms with Gasteiger partial charge in [-0.2, -0.15) is 0 Å². The first-order valence-electron chi connectivity index (χ1n) is 8.36. The van der Waals surface area contributed by atoms with Crippen LogP contribution < -0.4 is 10.6 Å². The fourth-order valence-corrected chi connectivity index (χ4v) is 3.47. The summed E-state index contributed by atoms with van der Waals surface area (Å²) in [6, 6.07) is -0.232. The van der Waals surface area contributed by atoms with Crippen LogP contribution in [0.25, 0.3) is 0 Å². The predicted octanol–water partition coefficient (Wildman–Crippen LogP) is 1.39. The highest BCUT2D eigenvalue weighted by molar-refractivity contribution is 7.11. The molecule has 2 amide bonds. The SMILES string of the molecule is Cc1cnc(CCNC(=O)NCC(O)CN2CCC(C)CC2)s1. The maximum Gasteiger partial charge on any atom is 0.314 e. The van der Waals surface area contributed by atoms with Crippen molar-refractivity contribution in [1.29, 1.82) is 0 Å². The number of nitrogens with one attached hydrogen (secondary N) is 2. The maximum absolute atomic E-state index is 11.7. The Morgan fingerprint density at radius 1 is 1.48 bits per heavy atom. The number of aryl methyl sites for hydroxylation is 1. The number of likely N-dealkylation sites (tertiary alicyclic amines) is 1. The van der Waals surface area contributed by atoms with E-state index in [2.05, 4.69) is 27.4 Å². The number of amides is 2. The second kappa shape index (κ2) is 9.20. The smallest absolute Gasteiger partial charge is 0.314 e. The van der Waals surface area contributed by atoms with Gasteiger partial charge in [0.05, 0.1) is 11.1 Å². The van der Waals surface area contributed by atoms with Crippen LogP contribution in [0.15, 0.2) is 6.20 Å². The Morgan fingerprint density at radius 3 is 2.87 bits per heavy atom. The number of aromatic nitrogens is 1. The molecule has 1 fully saturated rings. The van der Waals surface area contributed by atoms with Crippen LogP contribution in [0.2, 0.25) is 0 Å². The molecule has 6 nitrogen and oxygen atoms in total. The normalized spacial score (nSPS) is 17.9. The maximum atomic E-state index is 11.7. The van der Waals surface area contributed by atoms with Gasteiger partial charge in [0.1, 0.15) is 0 Å². The van der Waals surface area contributed by atoms with Crippen molar-refractivity contribution in [2.75, 3.05) is 32.7 Å². The molecule has 1 saturated heterocycles. The largest absolute Gasteiger partial charge is 0.390 e. The van der Waals surface area contributed by atoms with Crippen molar-refractivity contribution in [3.8, 4) is 0 Å². The van der Waals surface area contributed by atoms with E-state index < -0.39 is 6.10 Å². The summed E-state index contributed by atoms with van der Waals surface area (Å²) in [5.41, 5.74) is 0. The zero-order valence-corrected chi connectivity index (χ0v) is 14.9. The average Bonchev–Trinajstić information content (AvgIpc) is 2.93. The van der Waals surface area contributed by atoms with Crippen molar-refractivity contribution in [2.45, 2.75) is 39.2 Å². The summed E-state index contributed by atoms with van der Waals surface area (Å²) >= 11 is 1.65. The summed E-state index contributed by atoms with van der Waals surface area (Å²) in [6.45, 7) is 7.84. The first kappa shape index (κ1) is 18.2. The van der Waals surface area contributed by atoms with Crippen LogP contribution in [0.3, 0.4) is 0 Å². The lowest BCUT2D eigenvalue weighted by atomic mass is 9.99. The average molecular weight is 340 g/mol. The molecule has 2 rings (SSSR count). The molecule has 23 heavy (non-hydrogen) atoms. The predicted molar refractivity (Wildman–Crippen MR) is 92.8 cm³/mol. The third kappa shape index (κ3) is 6.85. The van der Waals surface area contributed by atoms with Gasteiger partial charge >= 0.3 is 6.03 Å². The quantitative estimate of drug-likeness (QED) is 0.701. The Balaban J connectivity index is 1.54. The fourth-order valence-electron chi connectivity index (χ4n) is 2.68. The van der Waals surface area contributed by atoms with Crippen molar-refractivity contribution < 1.29 is 9.90 Å². The van der Waals surface area contributed by atoms with Crippen LogP contribution >= 0.6 is 11.3 Å². The molecule has 7 heteroatoms. The minimum Gasteiger partial charge on any atom is -0.390 e. The Morgan fingerprint density at radius 2 is 2.22 bits per heavy atom. The van der Waals surface area contributed by atoms with Crippen LogP contribution in [0.1, 0.15) is 29.7 Å². The molecule has 0 radical (unpaired) electrons. The highest BCUT2D eigenvalue weighted by Gasteiger charge is 2.18. The summed E-state index contributed by atoms with van der Waals surface area (Å²) < 4.78 is 0. The van der Waals surface area contributed by atoms with Gasteiger partial charge in [0.2, 0.25) is 0 Å². The third-order valence-electron chi connectivity index (χ3n) is 4.14. The number of aliphatic hydroxyl groups is 1. The molecule has 1 atom stereocenters. The van der Waals surface area contributed by atoms with Gasteiger partial charge in [-0.3, -0.25) is 0 Å². The van der Waals surface area contributed by atoms with Crippen molar-refractivity contribution in [3.63, 3.8) is 0 Å². The van der Waals surface area contributed by atoms with E-state index in [1.807, 2.05) is 13.1 Å². The molecule has 1 unspecified atom stereocenters. The highest BCUT2D eigenvalue weighted by Crippen LogP contribution is 2.15. The van der Waals surface area contributed by atoms with E-state index in [9.17, 15) is 9.90 Å². The Bertz CT molecular complexity index is 486. The number of piperidine rings is 1. The lowest BCUT2D eigenvalue weighted by Gasteiger charge is -2.31. The minimum atomic E-state index is -0.518. The summed E-state index contributed by atoms with van der Waals surface area (Å²) in [4.78, 5) is 19.4. The highest BCUT2D eigenvalue weighted by atomic mass is 32.1. The molecule has 1 aliphatic heterocycles. The lowest BCUT2D eigenvalue weighted by Crippen LogP contribution is -2.45. The molecule has 130 valence electrons. The number of nitrogens with zero attached hydrogens (tertiary/aromatic N) is 2. The molecule has 0 aliphatic carbocycles. The van der Waals surface area contributed by atoms with Gasteiger partial charge < -0.3 is 20.6 Å². The summed E-state index contributed by atoms with van der Waals surface area (Å²) in [5.74, 6) is 0.786. The van der Waals surface area contributed by atoms with E-state index in [1.165, 1.54) is 17.7 Å². The van der Waals surface area contributed by atoms with Crippen molar-refractivity contribution in [2.24, 2.45) is 5.92 Å². The lowest BCUT2D eigenvalue weighted by molar-refractivity contribution is 0.0920.